The van der Waals surface area contributed by atoms with Crippen molar-refractivity contribution < 1.29 is 18.8 Å². The lowest BCUT2D eigenvalue weighted by molar-refractivity contribution is -0.932. The number of fused-ring (bicyclic) bond motifs is 4. The first-order valence-corrected chi connectivity index (χ1v) is 10.3. The number of hydrogen-bond acceptors (Lipinski definition) is 4. The fraction of sp³-hybridized carbons (Fsp3) is 0.375. The standard InChI is InChI=1S/C24H25NO4/c1-15-22-17(12-21-19-4-3-5-20(19)24(26)29-23(15)21)13-25(14-28-22)11-10-16-6-8-18(27-2)9-7-16/h6-9,12H,3-5,10-11,13-14H2,1-2H3/p+1. The van der Waals surface area contributed by atoms with Gasteiger partial charge in [-0.25, -0.2) is 4.79 Å². The average Bonchev–Trinajstić information content (AvgIpc) is 3.25. The second-order valence-corrected chi connectivity index (χ2v) is 8.13. The summed E-state index contributed by atoms with van der Waals surface area (Å²) in [7, 11) is 1.69. The molecule has 2 aliphatic rings. The monoisotopic (exact) mass is 392 g/mol. The van der Waals surface area contributed by atoms with Gasteiger partial charge in [0.25, 0.3) is 0 Å². The molecular formula is C24H26NO4+. The minimum Gasteiger partial charge on any atom is -0.497 e. The maximum atomic E-state index is 12.3. The van der Waals surface area contributed by atoms with E-state index in [1.807, 2.05) is 19.1 Å². The fourth-order valence-corrected chi connectivity index (χ4v) is 4.73. The van der Waals surface area contributed by atoms with E-state index in [0.717, 1.165) is 66.8 Å². The number of rotatable bonds is 4. The quantitative estimate of drug-likeness (QED) is 0.694. The largest absolute Gasteiger partial charge is 0.497 e. The van der Waals surface area contributed by atoms with Crippen molar-refractivity contribution in [3.63, 3.8) is 0 Å². The van der Waals surface area contributed by atoms with Crippen molar-refractivity contribution in [3.05, 3.63) is 68.6 Å². The third-order valence-corrected chi connectivity index (χ3v) is 6.31. The van der Waals surface area contributed by atoms with Gasteiger partial charge in [-0.2, -0.15) is 0 Å². The van der Waals surface area contributed by atoms with Gasteiger partial charge in [-0.15, -0.1) is 0 Å². The van der Waals surface area contributed by atoms with Gasteiger partial charge < -0.3 is 13.9 Å². The van der Waals surface area contributed by atoms with Crippen molar-refractivity contribution >= 4 is 11.0 Å². The van der Waals surface area contributed by atoms with Crippen molar-refractivity contribution in [2.24, 2.45) is 0 Å². The molecular weight excluding hydrogens is 366 g/mol. The zero-order valence-electron chi connectivity index (χ0n) is 17.0. The molecule has 0 saturated heterocycles. The van der Waals surface area contributed by atoms with E-state index in [1.54, 1.807) is 7.11 Å². The Hall–Kier alpha value is -2.79. The Kier molecular flexibility index (Phi) is 4.55. The first-order valence-electron chi connectivity index (χ1n) is 10.3. The lowest BCUT2D eigenvalue weighted by atomic mass is 9.99. The van der Waals surface area contributed by atoms with Crippen LogP contribution in [0.15, 0.2) is 39.5 Å². The molecule has 2 heterocycles. The van der Waals surface area contributed by atoms with Crippen LogP contribution in [-0.2, 0) is 25.8 Å². The molecule has 1 aromatic heterocycles. The zero-order chi connectivity index (χ0) is 20.0. The molecule has 0 bridgehead atoms. The molecule has 1 aliphatic heterocycles. The Balaban J connectivity index is 1.41. The topological polar surface area (TPSA) is 53.1 Å². The van der Waals surface area contributed by atoms with E-state index in [1.165, 1.54) is 21.6 Å². The minimum absolute atomic E-state index is 0.171. The van der Waals surface area contributed by atoms with E-state index in [4.69, 9.17) is 13.9 Å². The van der Waals surface area contributed by atoms with Gasteiger partial charge in [0, 0.05) is 28.5 Å². The average molecular weight is 392 g/mol. The van der Waals surface area contributed by atoms with Crippen molar-refractivity contribution in [1.82, 2.24) is 0 Å². The molecule has 0 saturated carbocycles. The van der Waals surface area contributed by atoms with Crippen molar-refractivity contribution in [3.8, 4) is 11.5 Å². The van der Waals surface area contributed by atoms with Crippen LogP contribution in [0.5, 0.6) is 11.5 Å². The van der Waals surface area contributed by atoms with Crippen LogP contribution in [0.1, 0.15) is 34.2 Å². The summed E-state index contributed by atoms with van der Waals surface area (Å²) in [5.41, 5.74) is 6.07. The van der Waals surface area contributed by atoms with Crippen LogP contribution >= 0.6 is 0 Å². The summed E-state index contributed by atoms with van der Waals surface area (Å²) in [6.07, 6.45) is 3.82. The number of methoxy groups -OCH3 is 1. The first-order chi connectivity index (χ1) is 14.1. The highest BCUT2D eigenvalue weighted by Crippen LogP contribution is 2.36. The zero-order valence-corrected chi connectivity index (χ0v) is 17.0. The molecule has 0 radical (unpaired) electrons. The van der Waals surface area contributed by atoms with Crippen molar-refractivity contribution in [2.45, 2.75) is 39.2 Å². The molecule has 3 aromatic rings. The number of aryl methyl sites for hydroxylation is 2. The van der Waals surface area contributed by atoms with Gasteiger partial charge in [-0.3, -0.25) is 4.90 Å². The molecule has 5 rings (SSSR count). The second-order valence-electron chi connectivity index (χ2n) is 8.13. The van der Waals surface area contributed by atoms with Crippen LogP contribution in [0.4, 0.5) is 0 Å². The normalized spacial score (nSPS) is 17.7. The van der Waals surface area contributed by atoms with E-state index >= 15 is 0 Å². The summed E-state index contributed by atoms with van der Waals surface area (Å²) in [5, 5.41) is 1.10. The second kappa shape index (κ2) is 7.23. The van der Waals surface area contributed by atoms with Gasteiger partial charge in [0.1, 0.15) is 23.6 Å². The van der Waals surface area contributed by atoms with Gasteiger partial charge in [-0.05, 0) is 55.5 Å². The SMILES string of the molecule is COc1ccc(CC[NH+]2COc3c(cc4c5c(c(=O)oc4c3C)CCC5)C2)cc1. The van der Waals surface area contributed by atoms with E-state index < -0.39 is 0 Å². The number of benzene rings is 2. The van der Waals surface area contributed by atoms with Gasteiger partial charge in [-0.1, -0.05) is 12.1 Å². The van der Waals surface area contributed by atoms with Crippen LogP contribution in [0.2, 0.25) is 0 Å². The Morgan fingerprint density at radius 1 is 1.14 bits per heavy atom. The summed E-state index contributed by atoms with van der Waals surface area (Å²) in [6.45, 7) is 4.57. The molecule has 150 valence electrons. The third kappa shape index (κ3) is 3.19. The first kappa shape index (κ1) is 18.3. The van der Waals surface area contributed by atoms with Crippen LogP contribution in [0.25, 0.3) is 11.0 Å². The molecule has 1 aliphatic carbocycles. The van der Waals surface area contributed by atoms with Crippen molar-refractivity contribution in [1.29, 1.82) is 0 Å². The predicted molar refractivity (Wildman–Crippen MR) is 111 cm³/mol. The molecule has 0 amide bonds. The summed E-state index contributed by atoms with van der Waals surface area (Å²) in [4.78, 5) is 13.7. The minimum atomic E-state index is -0.171. The van der Waals surface area contributed by atoms with E-state index in [-0.39, 0.29) is 5.63 Å². The molecule has 0 spiro atoms. The van der Waals surface area contributed by atoms with Crippen LogP contribution in [0, 0.1) is 6.92 Å². The van der Waals surface area contributed by atoms with Gasteiger partial charge >= 0.3 is 5.63 Å². The number of ether oxygens (including phenoxy) is 2. The molecule has 1 unspecified atom stereocenters. The summed E-state index contributed by atoms with van der Waals surface area (Å²) in [5.74, 6) is 1.78. The third-order valence-electron chi connectivity index (χ3n) is 6.31. The lowest BCUT2D eigenvalue weighted by Crippen LogP contribution is -3.12. The maximum Gasteiger partial charge on any atom is 0.339 e. The molecule has 5 heteroatoms. The van der Waals surface area contributed by atoms with E-state index in [2.05, 4.69) is 18.2 Å². The predicted octanol–water partition coefficient (Wildman–Crippen LogP) is 2.58. The number of hydrogen-bond donors (Lipinski definition) is 1. The Morgan fingerprint density at radius 2 is 1.93 bits per heavy atom. The summed E-state index contributed by atoms with van der Waals surface area (Å²) in [6, 6.07) is 10.5. The number of quaternary nitrogens is 1. The molecule has 1 atom stereocenters. The van der Waals surface area contributed by atoms with Crippen LogP contribution in [-0.4, -0.2) is 20.4 Å². The molecule has 2 aromatic carbocycles. The van der Waals surface area contributed by atoms with Gasteiger partial charge in [0.05, 0.1) is 13.7 Å². The van der Waals surface area contributed by atoms with Crippen molar-refractivity contribution in [2.75, 3.05) is 20.4 Å². The highest BCUT2D eigenvalue weighted by molar-refractivity contribution is 5.87. The fourth-order valence-electron chi connectivity index (χ4n) is 4.73. The van der Waals surface area contributed by atoms with E-state index in [0.29, 0.717) is 12.3 Å². The van der Waals surface area contributed by atoms with Gasteiger partial charge in [0.15, 0.2) is 0 Å². The highest BCUT2D eigenvalue weighted by Gasteiger charge is 2.27. The van der Waals surface area contributed by atoms with Crippen LogP contribution < -0.4 is 20.0 Å². The highest BCUT2D eigenvalue weighted by atomic mass is 16.5. The molecule has 0 fully saturated rings. The molecule has 1 N–H and O–H groups in total. The smallest absolute Gasteiger partial charge is 0.339 e. The Morgan fingerprint density at radius 3 is 2.72 bits per heavy atom. The number of nitrogens with one attached hydrogen (secondary N) is 1. The lowest BCUT2D eigenvalue weighted by Gasteiger charge is -2.28. The van der Waals surface area contributed by atoms with E-state index in [9.17, 15) is 4.79 Å². The summed E-state index contributed by atoms with van der Waals surface area (Å²) >= 11 is 0. The molecule has 29 heavy (non-hydrogen) atoms. The van der Waals surface area contributed by atoms with Gasteiger partial charge in [0.2, 0.25) is 6.73 Å². The Labute approximate surface area is 169 Å². The molecule has 5 nitrogen and oxygen atoms in total. The van der Waals surface area contributed by atoms with Crippen LogP contribution in [0.3, 0.4) is 0 Å². The Bertz CT molecular complexity index is 1130. The summed E-state index contributed by atoms with van der Waals surface area (Å²) < 4.78 is 17.1. The maximum absolute atomic E-state index is 12.3.